The molecule has 0 aliphatic carbocycles. The molecule has 1 N–H and O–H groups in total. The largest absolute Gasteiger partial charge is 0.481 e. The van der Waals surface area contributed by atoms with E-state index in [-0.39, 0.29) is 17.9 Å². The van der Waals surface area contributed by atoms with Crippen LogP contribution < -0.4 is 0 Å². The molecule has 6 nitrogen and oxygen atoms in total. The van der Waals surface area contributed by atoms with E-state index in [1.54, 1.807) is 0 Å². The Morgan fingerprint density at radius 3 is 2.42 bits per heavy atom. The molecule has 1 fully saturated rings. The van der Waals surface area contributed by atoms with E-state index < -0.39 is 15.8 Å². The van der Waals surface area contributed by atoms with Crippen molar-refractivity contribution in [3.63, 3.8) is 0 Å². The number of hydrogen-bond donors (Lipinski definition) is 1. The van der Waals surface area contributed by atoms with Crippen LogP contribution >= 0.6 is 0 Å². The fraction of sp³-hybridized carbons (Fsp3) is 0.917. The van der Waals surface area contributed by atoms with Gasteiger partial charge in [-0.15, -0.1) is 0 Å². The summed E-state index contributed by atoms with van der Waals surface area (Å²) >= 11 is 0. The molecular formula is C12H23NO5S. The number of aliphatic carboxylic acids is 1. The smallest absolute Gasteiger partial charge is 0.303 e. The predicted octanol–water partition coefficient (Wildman–Crippen LogP) is 0.378. The maximum Gasteiger partial charge on any atom is 0.303 e. The number of carboxylic acid groups (broad SMARTS) is 1. The highest BCUT2D eigenvalue weighted by Gasteiger charge is 2.15. The second-order valence-corrected chi connectivity index (χ2v) is 7.11. The Hall–Kier alpha value is -0.660. The highest BCUT2D eigenvalue weighted by molar-refractivity contribution is 7.91. The number of morpholine rings is 1. The van der Waals surface area contributed by atoms with E-state index in [2.05, 4.69) is 4.90 Å². The molecule has 1 rings (SSSR count). The van der Waals surface area contributed by atoms with Crippen molar-refractivity contribution in [2.75, 3.05) is 44.4 Å². The summed E-state index contributed by atoms with van der Waals surface area (Å²) in [7, 11) is -3.01. The standard InChI is InChI=1S/C12H23NO5S/c14-12(15)4-2-1-3-10-19(16,17)11-7-13-5-8-18-9-6-13/h1-11H2,(H,14,15). The third-order valence-corrected chi connectivity index (χ3v) is 4.88. The molecule has 0 bridgehead atoms. The normalized spacial score (nSPS) is 17.5. The summed E-state index contributed by atoms with van der Waals surface area (Å²) in [6, 6.07) is 0. The quantitative estimate of drug-likeness (QED) is 0.619. The average Bonchev–Trinajstić information content (AvgIpc) is 2.37. The van der Waals surface area contributed by atoms with Crippen LogP contribution in [0.15, 0.2) is 0 Å². The van der Waals surface area contributed by atoms with Gasteiger partial charge >= 0.3 is 5.97 Å². The van der Waals surface area contributed by atoms with Crippen LogP contribution in [0.25, 0.3) is 0 Å². The summed E-state index contributed by atoms with van der Waals surface area (Å²) in [4.78, 5) is 12.4. The Morgan fingerprint density at radius 2 is 1.79 bits per heavy atom. The fourth-order valence-corrected chi connectivity index (χ4v) is 3.35. The number of rotatable bonds is 9. The van der Waals surface area contributed by atoms with Crippen LogP contribution in [0.3, 0.4) is 0 Å². The summed E-state index contributed by atoms with van der Waals surface area (Å²) in [5.41, 5.74) is 0. The SMILES string of the molecule is O=C(O)CCCCCS(=O)(=O)CCN1CCOCC1. The molecule has 0 aromatic carbocycles. The van der Waals surface area contributed by atoms with E-state index in [1.807, 2.05) is 0 Å². The molecule has 112 valence electrons. The highest BCUT2D eigenvalue weighted by atomic mass is 32.2. The number of carbonyl (C=O) groups is 1. The molecule has 1 aliphatic heterocycles. The van der Waals surface area contributed by atoms with Crippen molar-refractivity contribution in [2.24, 2.45) is 0 Å². The second-order valence-electron chi connectivity index (χ2n) is 4.81. The van der Waals surface area contributed by atoms with Gasteiger partial charge in [-0.05, 0) is 12.8 Å². The molecule has 7 heteroatoms. The lowest BCUT2D eigenvalue weighted by molar-refractivity contribution is -0.137. The molecule has 0 saturated carbocycles. The van der Waals surface area contributed by atoms with Crippen LogP contribution in [0.1, 0.15) is 25.7 Å². The molecule has 0 spiro atoms. The summed E-state index contributed by atoms with van der Waals surface area (Å²) in [6.45, 7) is 3.52. The van der Waals surface area contributed by atoms with Gasteiger partial charge in [-0.1, -0.05) is 6.42 Å². The first-order valence-corrected chi connectivity index (χ1v) is 8.54. The Kier molecular flexibility index (Phi) is 7.33. The molecule has 0 aromatic rings. The third-order valence-electron chi connectivity index (χ3n) is 3.17. The maximum atomic E-state index is 11.8. The minimum absolute atomic E-state index is 0.119. The van der Waals surface area contributed by atoms with E-state index in [0.717, 1.165) is 13.1 Å². The van der Waals surface area contributed by atoms with Crippen molar-refractivity contribution in [2.45, 2.75) is 25.7 Å². The summed E-state index contributed by atoms with van der Waals surface area (Å²) < 4.78 is 28.8. The Bertz CT molecular complexity index is 362. The van der Waals surface area contributed by atoms with Crippen LogP contribution in [0, 0.1) is 0 Å². The minimum Gasteiger partial charge on any atom is -0.481 e. The highest BCUT2D eigenvalue weighted by Crippen LogP contribution is 2.05. The number of carboxylic acids is 1. The molecule has 1 heterocycles. The van der Waals surface area contributed by atoms with Gasteiger partial charge in [-0.2, -0.15) is 0 Å². The van der Waals surface area contributed by atoms with Crippen molar-refractivity contribution in [3.05, 3.63) is 0 Å². The van der Waals surface area contributed by atoms with Crippen LogP contribution in [0.4, 0.5) is 0 Å². The van der Waals surface area contributed by atoms with Gasteiger partial charge in [0, 0.05) is 26.1 Å². The van der Waals surface area contributed by atoms with E-state index in [1.165, 1.54) is 0 Å². The molecule has 19 heavy (non-hydrogen) atoms. The van der Waals surface area contributed by atoms with Gasteiger partial charge in [-0.25, -0.2) is 8.42 Å². The molecule has 0 radical (unpaired) electrons. The van der Waals surface area contributed by atoms with E-state index >= 15 is 0 Å². The van der Waals surface area contributed by atoms with Gasteiger partial charge in [0.1, 0.15) is 0 Å². The molecule has 1 saturated heterocycles. The van der Waals surface area contributed by atoms with Crippen LogP contribution in [-0.4, -0.2) is 68.7 Å². The fourth-order valence-electron chi connectivity index (χ4n) is 1.97. The van der Waals surface area contributed by atoms with Gasteiger partial charge in [0.25, 0.3) is 0 Å². The van der Waals surface area contributed by atoms with Crippen molar-refractivity contribution in [3.8, 4) is 0 Å². The Morgan fingerprint density at radius 1 is 1.11 bits per heavy atom. The van der Waals surface area contributed by atoms with E-state index in [0.29, 0.717) is 39.0 Å². The predicted molar refractivity (Wildman–Crippen MR) is 72.0 cm³/mol. The van der Waals surface area contributed by atoms with Gasteiger partial charge < -0.3 is 9.84 Å². The third kappa shape index (κ3) is 8.18. The van der Waals surface area contributed by atoms with Gasteiger partial charge in [-0.3, -0.25) is 9.69 Å². The minimum atomic E-state index is -3.01. The lowest BCUT2D eigenvalue weighted by atomic mass is 10.2. The van der Waals surface area contributed by atoms with Crippen molar-refractivity contribution in [1.82, 2.24) is 4.90 Å². The molecular weight excluding hydrogens is 270 g/mol. The van der Waals surface area contributed by atoms with Gasteiger partial charge in [0.05, 0.1) is 24.7 Å². The van der Waals surface area contributed by atoms with E-state index in [4.69, 9.17) is 9.84 Å². The Balaban J connectivity index is 2.11. The molecule has 1 aliphatic rings. The summed E-state index contributed by atoms with van der Waals surface area (Å²) in [6.07, 6.45) is 1.88. The summed E-state index contributed by atoms with van der Waals surface area (Å²) in [5, 5.41) is 8.47. The zero-order chi connectivity index (χ0) is 14.1. The lowest BCUT2D eigenvalue weighted by Gasteiger charge is -2.26. The number of hydrogen-bond acceptors (Lipinski definition) is 5. The zero-order valence-electron chi connectivity index (χ0n) is 11.2. The van der Waals surface area contributed by atoms with Gasteiger partial charge in [0.2, 0.25) is 0 Å². The number of sulfone groups is 1. The number of ether oxygens (including phenoxy) is 1. The van der Waals surface area contributed by atoms with Crippen molar-refractivity contribution < 1.29 is 23.1 Å². The molecule has 0 atom stereocenters. The number of unbranched alkanes of at least 4 members (excludes halogenated alkanes) is 2. The van der Waals surface area contributed by atoms with Crippen molar-refractivity contribution in [1.29, 1.82) is 0 Å². The molecule has 0 unspecified atom stereocenters. The first kappa shape index (κ1) is 16.4. The Labute approximate surface area is 114 Å². The van der Waals surface area contributed by atoms with E-state index in [9.17, 15) is 13.2 Å². The maximum absolute atomic E-state index is 11.8. The van der Waals surface area contributed by atoms with Crippen molar-refractivity contribution >= 4 is 15.8 Å². The monoisotopic (exact) mass is 293 g/mol. The second kappa shape index (κ2) is 8.50. The zero-order valence-corrected chi connectivity index (χ0v) is 12.0. The lowest BCUT2D eigenvalue weighted by Crippen LogP contribution is -2.39. The van der Waals surface area contributed by atoms with Crippen LogP contribution in [0.2, 0.25) is 0 Å². The average molecular weight is 293 g/mol. The molecule has 0 aromatic heterocycles. The van der Waals surface area contributed by atoms with Crippen LogP contribution in [-0.2, 0) is 19.4 Å². The first-order valence-electron chi connectivity index (χ1n) is 6.72. The van der Waals surface area contributed by atoms with Crippen LogP contribution in [0.5, 0.6) is 0 Å². The summed E-state index contributed by atoms with van der Waals surface area (Å²) in [5.74, 6) is -0.474. The first-order chi connectivity index (χ1) is 8.99. The van der Waals surface area contributed by atoms with Gasteiger partial charge in [0.15, 0.2) is 9.84 Å². The topological polar surface area (TPSA) is 83.9 Å². The molecule has 0 amide bonds. The number of nitrogens with zero attached hydrogens (tertiary/aromatic N) is 1.